The fraction of sp³-hybridized carbons (Fsp3) is 0.667. The summed E-state index contributed by atoms with van der Waals surface area (Å²) in [6.45, 7) is 0.0777. The summed E-state index contributed by atoms with van der Waals surface area (Å²) < 4.78 is 5.09. The van der Waals surface area contributed by atoms with Crippen molar-refractivity contribution >= 4 is 12.1 Å². The van der Waals surface area contributed by atoms with Crippen LogP contribution in [0.15, 0.2) is 0 Å². The summed E-state index contributed by atoms with van der Waals surface area (Å²) in [7, 11) is 0. The first-order valence-electron chi connectivity index (χ1n) is 5.83. The van der Waals surface area contributed by atoms with Crippen molar-refractivity contribution in [1.82, 2.24) is 5.32 Å². The molecule has 2 N–H and O–H groups in total. The number of carboxylic acids is 1. The Labute approximate surface area is 101 Å². The van der Waals surface area contributed by atoms with Crippen molar-refractivity contribution in [2.45, 2.75) is 44.6 Å². The van der Waals surface area contributed by atoms with Crippen LogP contribution < -0.4 is 5.32 Å². The number of aliphatic carboxylic acids is 1. The van der Waals surface area contributed by atoms with Gasteiger partial charge in [0.05, 0.1) is 6.42 Å². The van der Waals surface area contributed by atoms with Crippen LogP contribution in [0.5, 0.6) is 0 Å². The Morgan fingerprint density at radius 1 is 1.35 bits per heavy atom. The summed E-state index contributed by atoms with van der Waals surface area (Å²) in [6.07, 6.45) is 3.75. The van der Waals surface area contributed by atoms with Crippen LogP contribution in [0.2, 0.25) is 0 Å². The highest BCUT2D eigenvalue weighted by Gasteiger charge is 2.12. The van der Waals surface area contributed by atoms with Crippen LogP contribution in [-0.2, 0) is 9.53 Å². The van der Waals surface area contributed by atoms with E-state index in [9.17, 15) is 9.59 Å². The normalized spacial score (nSPS) is 19.2. The molecule has 1 aliphatic carbocycles. The molecule has 0 aromatic rings. The zero-order valence-corrected chi connectivity index (χ0v) is 9.70. The van der Waals surface area contributed by atoms with E-state index in [0.717, 1.165) is 32.1 Å². The SMILES string of the molecule is O=C(O)CCNC(=O)OC1C#CCCCCC1. The van der Waals surface area contributed by atoms with Crippen LogP contribution in [0.1, 0.15) is 38.5 Å². The third-order valence-electron chi connectivity index (χ3n) is 2.39. The second-order valence-corrected chi connectivity index (χ2v) is 3.88. The van der Waals surface area contributed by atoms with Crippen LogP contribution in [0.3, 0.4) is 0 Å². The maximum atomic E-state index is 11.3. The minimum absolute atomic E-state index is 0.0777. The van der Waals surface area contributed by atoms with Gasteiger partial charge in [-0.3, -0.25) is 4.79 Å². The minimum Gasteiger partial charge on any atom is -0.481 e. The number of alkyl carbamates (subject to hydrolysis) is 1. The van der Waals surface area contributed by atoms with Crippen molar-refractivity contribution < 1.29 is 19.4 Å². The summed E-state index contributed by atoms with van der Waals surface area (Å²) in [5, 5.41) is 10.8. The number of carboxylic acid groups (broad SMARTS) is 1. The Kier molecular flexibility index (Phi) is 5.94. The monoisotopic (exact) mass is 239 g/mol. The Balaban J connectivity index is 2.26. The number of nitrogens with one attached hydrogen (secondary N) is 1. The molecule has 0 radical (unpaired) electrons. The first-order chi connectivity index (χ1) is 8.18. The smallest absolute Gasteiger partial charge is 0.408 e. The van der Waals surface area contributed by atoms with E-state index in [1.165, 1.54) is 0 Å². The number of hydrogen-bond donors (Lipinski definition) is 2. The van der Waals surface area contributed by atoms with Crippen molar-refractivity contribution in [2.75, 3.05) is 6.54 Å². The largest absolute Gasteiger partial charge is 0.481 e. The maximum absolute atomic E-state index is 11.3. The molecule has 5 heteroatoms. The van der Waals surface area contributed by atoms with Crippen LogP contribution in [0.25, 0.3) is 0 Å². The second kappa shape index (κ2) is 7.55. The molecular weight excluding hydrogens is 222 g/mol. The Bertz CT molecular complexity index is 329. The van der Waals surface area contributed by atoms with Crippen molar-refractivity contribution in [3.63, 3.8) is 0 Å². The zero-order valence-electron chi connectivity index (χ0n) is 9.70. The Hall–Kier alpha value is -1.70. The molecule has 1 aliphatic rings. The van der Waals surface area contributed by atoms with Gasteiger partial charge in [0.1, 0.15) is 0 Å². The number of carbonyl (C=O) groups excluding carboxylic acids is 1. The highest BCUT2D eigenvalue weighted by Crippen LogP contribution is 2.10. The van der Waals surface area contributed by atoms with Crippen LogP contribution >= 0.6 is 0 Å². The number of amides is 1. The van der Waals surface area contributed by atoms with E-state index in [0.29, 0.717) is 0 Å². The van der Waals surface area contributed by atoms with Crippen LogP contribution in [0.4, 0.5) is 4.79 Å². The molecule has 0 aromatic heterocycles. The number of ether oxygens (including phenoxy) is 1. The van der Waals surface area contributed by atoms with E-state index in [-0.39, 0.29) is 19.1 Å². The summed E-state index contributed by atoms with van der Waals surface area (Å²) in [5.74, 6) is 4.92. The van der Waals surface area contributed by atoms with Crippen molar-refractivity contribution in [3.05, 3.63) is 0 Å². The predicted molar refractivity (Wildman–Crippen MR) is 61.4 cm³/mol. The summed E-state index contributed by atoms with van der Waals surface area (Å²) in [4.78, 5) is 21.5. The molecule has 0 bridgehead atoms. The molecule has 17 heavy (non-hydrogen) atoms. The molecule has 0 saturated carbocycles. The molecule has 0 saturated heterocycles. The maximum Gasteiger partial charge on any atom is 0.408 e. The molecule has 5 nitrogen and oxygen atoms in total. The van der Waals surface area contributed by atoms with E-state index in [1.54, 1.807) is 0 Å². The molecule has 0 spiro atoms. The lowest BCUT2D eigenvalue weighted by molar-refractivity contribution is -0.136. The van der Waals surface area contributed by atoms with Gasteiger partial charge >= 0.3 is 12.1 Å². The van der Waals surface area contributed by atoms with Gasteiger partial charge < -0.3 is 15.2 Å². The topological polar surface area (TPSA) is 75.6 Å². The van der Waals surface area contributed by atoms with Gasteiger partial charge in [0, 0.05) is 13.0 Å². The van der Waals surface area contributed by atoms with E-state index >= 15 is 0 Å². The summed E-state index contributed by atoms with van der Waals surface area (Å²) in [6, 6.07) is 0. The van der Waals surface area contributed by atoms with Crippen LogP contribution in [-0.4, -0.2) is 29.8 Å². The lowest BCUT2D eigenvalue weighted by Gasteiger charge is -2.14. The predicted octanol–water partition coefficient (Wildman–Crippen LogP) is 1.52. The van der Waals surface area contributed by atoms with Gasteiger partial charge in [0.15, 0.2) is 6.10 Å². The van der Waals surface area contributed by atoms with E-state index < -0.39 is 12.1 Å². The highest BCUT2D eigenvalue weighted by molar-refractivity contribution is 5.70. The molecule has 0 heterocycles. The van der Waals surface area contributed by atoms with Crippen molar-refractivity contribution in [2.24, 2.45) is 0 Å². The van der Waals surface area contributed by atoms with Crippen molar-refractivity contribution in [1.29, 1.82) is 0 Å². The molecule has 0 aromatic carbocycles. The van der Waals surface area contributed by atoms with Gasteiger partial charge in [-0.05, 0) is 19.3 Å². The quantitative estimate of drug-likeness (QED) is 0.729. The first kappa shape index (κ1) is 13.4. The Morgan fingerprint density at radius 3 is 2.94 bits per heavy atom. The number of rotatable bonds is 4. The van der Waals surface area contributed by atoms with Gasteiger partial charge in [-0.15, -0.1) is 0 Å². The fourth-order valence-corrected chi connectivity index (χ4v) is 1.51. The molecule has 1 amide bonds. The van der Waals surface area contributed by atoms with E-state index in [2.05, 4.69) is 17.2 Å². The third kappa shape index (κ3) is 6.46. The molecule has 0 fully saturated rings. The number of carbonyl (C=O) groups is 2. The van der Waals surface area contributed by atoms with Gasteiger partial charge in [-0.25, -0.2) is 4.79 Å². The lowest BCUT2D eigenvalue weighted by Crippen LogP contribution is -2.30. The van der Waals surface area contributed by atoms with Gasteiger partial charge in [-0.1, -0.05) is 18.3 Å². The summed E-state index contributed by atoms with van der Waals surface area (Å²) in [5.41, 5.74) is 0. The molecule has 94 valence electrons. The molecule has 1 unspecified atom stereocenters. The molecular formula is C12H17NO4. The van der Waals surface area contributed by atoms with Gasteiger partial charge in [-0.2, -0.15) is 0 Å². The van der Waals surface area contributed by atoms with Gasteiger partial charge in [0.25, 0.3) is 0 Å². The average Bonchev–Trinajstić information content (AvgIpc) is 2.21. The third-order valence-corrected chi connectivity index (χ3v) is 2.39. The lowest BCUT2D eigenvalue weighted by atomic mass is 10.1. The van der Waals surface area contributed by atoms with E-state index in [1.807, 2.05) is 0 Å². The summed E-state index contributed by atoms with van der Waals surface area (Å²) >= 11 is 0. The number of hydrogen-bond acceptors (Lipinski definition) is 3. The van der Waals surface area contributed by atoms with Gasteiger partial charge in [0.2, 0.25) is 0 Å². The highest BCUT2D eigenvalue weighted by atomic mass is 16.6. The minimum atomic E-state index is -0.948. The Morgan fingerprint density at radius 2 is 2.18 bits per heavy atom. The van der Waals surface area contributed by atoms with E-state index in [4.69, 9.17) is 9.84 Å². The molecule has 0 aliphatic heterocycles. The standard InChI is InChI=1S/C12H17NO4/c14-11(15)8-9-13-12(16)17-10-6-4-2-1-3-5-7-10/h10H,1-4,6,8-9H2,(H,13,16)(H,14,15). The van der Waals surface area contributed by atoms with Crippen LogP contribution in [0, 0.1) is 11.8 Å². The van der Waals surface area contributed by atoms with Crippen molar-refractivity contribution in [3.8, 4) is 11.8 Å². The molecule has 1 rings (SSSR count). The molecule has 1 atom stereocenters. The first-order valence-corrected chi connectivity index (χ1v) is 5.83. The fourth-order valence-electron chi connectivity index (χ4n) is 1.51. The second-order valence-electron chi connectivity index (χ2n) is 3.88. The zero-order chi connectivity index (χ0) is 12.5. The average molecular weight is 239 g/mol.